The highest BCUT2D eigenvalue weighted by atomic mass is 16.5. The average molecular weight is 386 g/mol. The van der Waals surface area contributed by atoms with Crippen LogP contribution in [0, 0.1) is 11.3 Å². The van der Waals surface area contributed by atoms with Crippen LogP contribution in [0.3, 0.4) is 0 Å². The van der Waals surface area contributed by atoms with Crippen molar-refractivity contribution >= 4 is 5.91 Å². The van der Waals surface area contributed by atoms with Gasteiger partial charge in [0.15, 0.2) is 5.82 Å². The van der Waals surface area contributed by atoms with Crippen molar-refractivity contribution in [2.24, 2.45) is 0 Å². The molecule has 0 saturated carbocycles. The molecule has 1 fully saturated rings. The number of hydrogen-bond acceptors (Lipinski definition) is 5. The Morgan fingerprint density at radius 1 is 1.17 bits per heavy atom. The standard InChI is InChI=1S/C23H22N4O2/c1-15(2)18-7-5-17(6-8-18)13-27-14-20(11-21(27)28)22-25-23(29-26-22)19-9-3-16(12-24)4-10-19/h3-10,15,20H,11,13-14H2,1-2H3. The lowest BCUT2D eigenvalue weighted by atomic mass is 10.0. The van der Waals surface area contributed by atoms with Gasteiger partial charge in [-0.15, -0.1) is 0 Å². The molecule has 6 heteroatoms. The summed E-state index contributed by atoms with van der Waals surface area (Å²) in [5.41, 5.74) is 3.75. The minimum absolute atomic E-state index is 0.0756. The quantitative estimate of drug-likeness (QED) is 0.655. The van der Waals surface area contributed by atoms with Gasteiger partial charge in [0.1, 0.15) is 0 Å². The van der Waals surface area contributed by atoms with Crippen LogP contribution in [0.25, 0.3) is 11.5 Å². The molecule has 3 aromatic rings. The maximum Gasteiger partial charge on any atom is 0.257 e. The fraction of sp³-hybridized carbons (Fsp3) is 0.304. The van der Waals surface area contributed by atoms with Crippen LogP contribution in [0.15, 0.2) is 53.1 Å². The average Bonchev–Trinajstić information content (AvgIpc) is 3.36. The number of aromatic nitrogens is 2. The summed E-state index contributed by atoms with van der Waals surface area (Å²) in [6.45, 7) is 5.51. The van der Waals surface area contributed by atoms with Crippen molar-refractivity contribution in [2.75, 3.05) is 6.54 Å². The van der Waals surface area contributed by atoms with Gasteiger partial charge in [0.25, 0.3) is 5.89 Å². The van der Waals surface area contributed by atoms with Gasteiger partial charge in [-0.1, -0.05) is 43.3 Å². The first-order valence-electron chi connectivity index (χ1n) is 9.74. The second-order valence-corrected chi connectivity index (χ2v) is 7.72. The van der Waals surface area contributed by atoms with E-state index in [-0.39, 0.29) is 11.8 Å². The van der Waals surface area contributed by atoms with Crippen LogP contribution in [0.4, 0.5) is 0 Å². The van der Waals surface area contributed by atoms with Crippen LogP contribution in [0.1, 0.15) is 54.6 Å². The van der Waals surface area contributed by atoms with Crippen LogP contribution in [-0.4, -0.2) is 27.5 Å². The van der Waals surface area contributed by atoms with Crippen LogP contribution >= 0.6 is 0 Å². The maximum absolute atomic E-state index is 12.5. The maximum atomic E-state index is 12.5. The Bertz CT molecular complexity index is 1050. The van der Waals surface area contributed by atoms with Gasteiger partial charge in [0.2, 0.25) is 5.91 Å². The summed E-state index contributed by atoms with van der Waals surface area (Å²) < 4.78 is 5.39. The predicted molar refractivity (Wildman–Crippen MR) is 108 cm³/mol. The van der Waals surface area contributed by atoms with Gasteiger partial charge in [0.05, 0.1) is 11.6 Å². The Morgan fingerprint density at radius 3 is 2.55 bits per heavy atom. The minimum atomic E-state index is -0.0756. The monoisotopic (exact) mass is 386 g/mol. The third-order valence-corrected chi connectivity index (χ3v) is 5.30. The van der Waals surface area contributed by atoms with Crippen LogP contribution in [-0.2, 0) is 11.3 Å². The Morgan fingerprint density at radius 2 is 1.90 bits per heavy atom. The third-order valence-electron chi connectivity index (χ3n) is 5.30. The van der Waals surface area contributed by atoms with Gasteiger partial charge in [0, 0.05) is 31.0 Å². The van der Waals surface area contributed by atoms with Gasteiger partial charge in [-0.05, 0) is 41.3 Å². The molecule has 1 saturated heterocycles. The molecular formula is C23H22N4O2. The largest absolute Gasteiger partial charge is 0.338 e. The number of carbonyl (C=O) groups excluding carboxylic acids is 1. The highest BCUT2D eigenvalue weighted by Gasteiger charge is 2.33. The molecule has 0 N–H and O–H groups in total. The summed E-state index contributed by atoms with van der Waals surface area (Å²) in [6.07, 6.45) is 0.385. The number of likely N-dealkylation sites (tertiary alicyclic amines) is 1. The Kier molecular flexibility index (Phi) is 5.13. The van der Waals surface area contributed by atoms with Crippen molar-refractivity contribution in [1.82, 2.24) is 15.0 Å². The van der Waals surface area contributed by atoms with Crippen molar-refractivity contribution in [2.45, 2.75) is 38.6 Å². The van der Waals surface area contributed by atoms with Crippen molar-refractivity contribution in [3.8, 4) is 17.5 Å². The van der Waals surface area contributed by atoms with Crippen molar-refractivity contribution < 1.29 is 9.32 Å². The third kappa shape index (κ3) is 4.04. The van der Waals surface area contributed by atoms with Crippen molar-refractivity contribution in [3.05, 3.63) is 71.0 Å². The van der Waals surface area contributed by atoms with E-state index in [1.165, 1.54) is 5.56 Å². The highest BCUT2D eigenvalue weighted by Crippen LogP contribution is 2.29. The zero-order valence-electron chi connectivity index (χ0n) is 16.5. The number of nitrogens with zero attached hydrogens (tertiary/aromatic N) is 4. The van der Waals surface area contributed by atoms with Crippen molar-refractivity contribution in [1.29, 1.82) is 5.26 Å². The van der Waals surface area contributed by atoms with E-state index < -0.39 is 0 Å². The molecule has 0 bridgehead atoms. The first-order valence-corrected chi connectivity index (χ1v) is 9.74. The Balaban J connectivity index is 1.44. The molecule has 2 heterocycles. The zero-order chi connectivity index (χ0) is 20.4. The van der Waals surface area contributed by atoms with E-state index in [2.05, 4.69) is 54.3 Å². The van der Waals surface area contributed by atoms with E-state index in [1.54, 1.807) is 24.3 Å². The van der Waals surface area contributed by atoms with Crippen LogP contribution < -0.4 is 0 Å². The van der Waals surface area contributed by atoms with Gasteiger partial charge in [-0.2, -0.15) is 10.2 Å². The predicted octanol–water partition coefficient (Wildman–Crippen LogP) is 4.25. The van der Waals surface area contributed by atoms with Crippen molar-refractivity contribution in [3.63, 3.8) is 0 Å². The van der Waals surface area contributed by atoms with Crippen LogP contribution in [0.5, 0.6) is 0 Å². The number of hydrogen-bond donors (Lipinski definition) is 0. The molecule has 1 amide bonds. The van der Waals surface area contributed by atoms with Crippen LogP contribution in [0.2, 0.25) is 0 Å². The summed E-state index contributed by atoms with van der Waals surface area (Å²) in [4.78, 5) is 18.8. The van der Waals surface area contributed by atoms with E-state index >= 15 is 0 Å². The first kappa shape index (κ1) is 18.9. The zero-order valence-corrected chi connectivity index (χ0v) is 16.5. The van der Waals surface area contributed by atoms with E-state index in [0.29, 0.717) is 42.7 Å². The highest BCUT2D eigenvalue weighted by molar-refractivity contribution is 5.79. The number of rotatable bonds is 5. The lowest BCUT2D eigenvalue weighted by molar-refractivity contribution is -0.128. The fourth-order valence-corrected chi connectivity index (χ4v) is 3.53. The summed E-state index contributed by atoms with van der Waals surface area (Å²) in [7, 11) is 0. The molecule has 1 aromatic heterocycles. The second kappa shape index (κ2) is 7.88. The number of carbonyl (C=O) groups is 1. The lowest BCUT2D eigenvalue weighted by Crippen LogP contribution is -2.24. The van der Waals surface area contributed by atoms with E-state index in [4.69, 9.17) is 9.78 Å². The summed E-state index contributed by atoms with van der Waals surface area (Å²) in [5, 5.41) is 13.0. The fourth-order valence-electron chi connectivity index (χ4n) is 3.53. The van der Waals surface area contributed by atoms with E-state index in [0.717, 1.165) is 11.1 Å². The molecule has 0 radical (unpaired) electrons. The number of benzene rings is 2. The SMILES string of the molecule is CC(C)c1ccc(CN2CC(c3noc(-c4ccc(C#N)cc4)n3)CC2=O)cc1. The number of amides is 1. The van der Waals surface area contributed by atoms with E-state index in [1.807, 2.05) is 4.90 Å². The molecule has 1 unspecified atom stereocenters. The smallest absolute Gasteiger partial charge is 0.257 e. The molecule has 1 aliphatic rings. The molecule has 146 valence electrons. The lowest BCUT2D eigenvalue weighted by Gasteiger charge is -2.16. The summed E-state index contributed by atoms with van der Waals surface area (Å²) in [6, 6.07) is 17.5. The molecule has 6 nitrogen and oxygen atoms in total. The first-order chi connectivity index (χ1) is 14.0. The second-order valence-electron chi connectivity index (χ2n) is 7.72. The molecule has 29 heavy (non-hydrogen) atoms. The normalized spacial score (nSPS) is 16.4. The van der Waals surface area contributed by atoms with Gasteiger partial charge in [-0.3, -0.25) is 4.79 Å². The van der Waals surface area contributed by atoms with Gasteiger partial charge in [-0.25, -0.2) is 0 Å². The van der Waals surface area contributed by atoms with Gasteiger partial charge >= 0.3 is 0 Å². The minimum Gasteiger partial charge on any atom is -0.338 e. The molecule has 0 spiro atoms. The molecular weight excluding hydrogens is 364 g/mol. The Labute approximate surface area is 169 Å². The molecule has 1 atom stereocenters. The van der Waals surface area contributed by atoms with Gasteiger partial charge < -0.3 is 9.42 Å². The molecule has 4 rings (SSSR count). The molecule has 1 aliphatic heterocycles. The Hall–Kier alpha value is -3.46. The summed E-state index contributed by atoms with van der Waals surface area (Å²) >= 11 is 0. The van der Waals surface area contributed by atoms with E-state index in [9.17, 15) is 4.79 Å². The molecule has 2 aromatic carbocycles. The number of nitriles is 1. The summed E-state index contributed by atoms with van der Waals surface area (Å²) in [5.74, 6) is 1.47. The molecule has 0 aliphatic carbocycles. The topological polar surface area (TPSA) is 83.0 Å².